The molecule has 1 aliphatic rings. The zero-order valence-electron chi connectivity index (χ0n) is 18.4. The van der Waals surface area contributed by atoms with Crippen LogP contribution in [0.15, 0.2) is 54.6 Å². The molecule has 0 radical (unpaired) electrons. The third-order valence-electron chi connectivity index (χ3n) is 5.64. The maximum absolute atomic E-state index is 12.6. The molecular weight excluding hydrogens is 406 g/mol. The molecule has 0 saturated carbocycles. The third-order valence-corrected chi connectivity index (χ3v) is 5.64. The molecule has 7 nitrogen and oxygen atoms in total. The zero-order chi connectivity index (χ0) is 22.5. The lowest BCUT2D eigenvalue weighted by atomic mass is 10.0. The summed E-state index contributed by atoms with van der Waals surface area (Å²) in [6.07, 6.45) is 0.800. The zero-order valence-corrected chi connectivity index (χ0v) is 18.4. The van der Waals surface area contributed by atoms with Gasteiger partial charge in [0.2, 0.25) is 0 Å². The average molecular weight is 434 g/mol. The lowest BCUT2D eigenvalue weighted by Gasteiger charge is -2.27. The quantitative estimate of drug-likeness (QED) is 0.532. The van der Waals surface area contributed by atoms with Crippen molar-refractivity contribution in [2.24, 2.45) is 0 Å². The largest absolute Gasteiger partial charge is 0.465 e. The Labute approximate surface area is 187 Å². The summed E-state index contributed by atoms with van der Waals surface area (Å²) >= 11 is 0. The third kappa shape index (κ3) is 4.73. The first kappa shape index (κ1) is 21.8. The normalized spacial score (nSPS) is 13.4. The van der Waals surface area contributed by atoms with E-state index in [1.165, 1.54) is 7.11 Å². The molecule has 0 saturated heterocycles. The maximum atomic E-state index is 12.6. The molecule has 3 aromatic rings. The second kappa shape index (κ2) is 9.78. The van der Waals surface area contributed by atoms with Gasteiger partial charge in [-0.3, -0.25) is 9.58 Å². The van der Waals surface area contributed by atoms with Crippen LogP contribution in [0, 0.1) is 0 Å². The van der Waals surface area contributed by atoms with Crippen molar-refractivity contribution in [3.63, 3.8) is 0 Å². The summed E-state index contributed by atoms with van der Waals surface area (Å²) < 4.78 is 12.0. The van der Waals surface area contributed by atoms with Gasteiger partial charge in [0.25, 0.3) is 0 Å². The number of carbonyl (C=O) groups excluding carboxylic acids is 2. The summed E-state index contributed by atoms with van der Waals surface area (Å²) in [6.45, 7) is 4.93. The number of hydrogen-bond acceptors (Lipinski definition) is 6. The van der Waals surface area contributed by atoms with Gasteiger partial charge in [-0.1, -0.05) is 42.5 Å². The first-order chi connectivity index (χ1) is 15.6. The van der Waals surface area contributed by atoms with Gasteiger partial charge in [0, 0.05) is 37.3 Å². The second-order valence-electron chi connectivity index (χ2n) is 7.79. The van der Waals surface area contributed by atoms with Crippen LogP contribution in [0.4, 0.5) is 0 Å². The number of ether oxygens (including phenoxy) is 2. The Bertz CT molecular complexity index is 1090. The highest BCUT2D eigenvalue weighted by atomic mass is 16.5. The number of esters is 2. The molecule has 7 heteroatoms. The summed E-state index contributed by atoms with van der Waals surface area (Å²) in [5, 5.41) is 4.65. The number of fused-ring (bicyclic) bond motifs is 1. The standard InChI is InChI=1S/C25H27N3O4/c1-3-32-25(30)23-21-17-27(15-19-9-11-20(12-10-19)24(29)31-2)14-13-22(21)28(26-23)16-18-7-5-4-6-8-18/h4-12H,3,13-17H2,1-2H3. The minimum absolute atomic E-state index is 0.315. The van der Waals surface area contributed by atoms with Crippen LogP contribution in [-0.4, -0.2) is 46.9 Å². The number of rotatable bonds is 7. The van der Waals surface area contributed by atoms with Crippen LogP contribution in [-0.2, 0) is 35.5 Å². The first-order valence-electron chi connectivity index (χ1n) is 10.8. The lowest BCUT2D eigenvalue weighted by Crippen LogP contribution is -2.31. The molecule has 4 rings (SSSR count). The van der Waals surface area contributed by atoms with Gasteiger partial charge < -0.3 is 9.47 Å². The van der Waals surface area contributed by atoms with E-state index in [1.807, 2.05) is 35.0 Å². The van der Waals surface area contributed by atoms with Crippen LogP contribution in [0.5, 0.6) is 0 Å². The van der Waals surface area contributed by atoms with Crippen molar-refractivity contribution in [1.82, 2.24) is 14.7 Å². The molecule has 0 bridgehead atoms. The predicted molar refractivity (Wildman–Crippen MR) is 119 cm³/mol. The summed E-state index contributed by atoms with van der Waals surface area (Å²) in [5.41, 5.74) is 5.20. The molecule has 2 aromatic carbocycles. The van der Waals surface area contributed by atoms with E-state index in [1.54, 1.807) is 19.1 Å². The topological polar surface area (TPSA) is 73.7 Å². The SMILES string of the molecule is CCOC(=O)c1nn(Cc2ccccc2)c2c1CN(Cc1ccc(C(=O)OC)cc1)CC2. The summed E-state index contributed by atoms with van der Waals surface area (Å²) in [6, 6.07) is 17.5. The Kier molecular flexibility index (Phi) is 6.66. The van der Waals surface area contributed by atoms with Crippen molar-refractivity contribution in [1.29, 1.82) is 0 Å². The molecule has 166 valence electrons. The van der Waals surface area contributed by atoms with Crippen LogP contribution in [0.1, 0.15) is 50.2 Å². The molecule has 0 unspecified atom stereocenters. The molecule has 1 aliphatic heterocycles. The summed E-state index contributed by atoms with van der Waals surface area (Å²) in [4.78, 5) is 26.6. The van der Waals surface area contributed by atoms with E-state index in [9.17, 15) is 9.59 Å². The fourth-order valence-electron chi connectivity index (χ4n) is 4.05. The fraction of sp³-hybridized carbons (Fsp3) is 0.320. The number of carbonyl (C=O) groups is 2. The van der Waals surface area contributed by atoms with Gasteiger partial charge in [-0.2, -0.15) is 5.10 Å². The van der Waals surface area contributed by atoms with E-state index in [2.05, 4.69) is 22.1 Å². The molecular formula is C25H27N3O4. The van der Waals surface area contributed by atoms with Gasteiger partial charge in [0.1, 0.15) is 0 Å². The highest BCUT2D eigenvalue weighted by molar-refractivity contribution is 5.89. The van der Waals surface area contributed by atoms with Crippen LogP contribution in [0.25, 0.3) is 0 Å². The highest BCUT2D eigenvalue weighted by Gasteiger charge is 2.29. The summed E-state index contributed by atoms with van der Waals surface area (Å²) in [5.74, 6) is -0.719. The van der Waals surface area contributed by atoms with Gasteiger partial charge in [-0.25, -0.2) is 9.59 Å². The monoisotopic (exact) mass is 433 g/mol. The number of benzene rings is 2. The number of aromatic nitrogens is 2. The Morgan fingerprint density at radius 2 is 1.69 bits per heavy atom. The van der Waals surface area contributed by atoms with Gasteiger partial charge in [0.05, 0.1) is 25.8 Å². The van der Waals surface area contributed by atoms with Crippen molar-refractivity contribution >= 4 is 11.9 Å². The van der Waals surface area contributed by atoms with Crippen LogP contribution in [0.3, 0.4) is 0 Å². The molecule has 0 fully saturated rings. The lowest BCUT2D eigenvalue weighted by molar-refractivity contribution is 0.0515. The first-order valence-corrected chi connectivity index (χ1v) is 10.8. The van der Waals surface area contributed by atoms with Crippen molar-refractivity contribution in [3.05, 3.63) is 88.2 Å². The molecule has 0 atom stereocenters. The number of methoxy groups -OCH3 is 1. The van der Waals surface area contributed by atoms with Crippen molar-refractivity contribution < 1.29 is 19.1 Å². The van der Waals surface area contributed by atoms with Crippen LogP contribution in [0.2, 0.25) is 0 Å². The molecule has 2 heterocycles. The Balaban J connectivity index is 1.55. The second-order valence-corrected chi connectivity index (χ2v) is 7.79. The highest BCUT2D eigenvalue weighted by Crippen LogP contribution is 2.25. The fourth-order valence-corrected chi connectivity index (χ4v) is 4.05. The molecule has 1 aromatic heterocycles. The number of hydrogen-bond donors (Lipinski definition) is 0. The molecule has 0 aliphatic carbocycles. The average Bonchev–Trinajstić information content (AvgIpc) is 3.17. The van der Waals surface area contributed by atoms with Gasteiger partial charge in [0.15, 0.2) is 5.69 Å². The molecule has 0 spiro atoms. The Hall–Kier alpha value is -3.45. The van der Waals surface area contributed by atoms with E-state index >= 15 is 0 Å². The Morgan fingerprint density at radius 3 is 2.38 bits per heavy atom. The number of nitrogens with zero attached hydrogens (tertiary/aromatic N) is 3. The van der Waals surface area contributed by atoms with Crippen molar-refractivity contribution in [2.45, 2.75) is 33.0 Å². The maximum Gasteiger partial charge on any atom is 0.359 e. The van der Waals surface area contributed by atoms with Gasteiger partial charge in [-0.05, 0) is 30.2 Å². The van der Waals surface area contributed by atoms with Crippen LogP contribution < -0.4 is 0 Å². The molecule has 0 amide bonds. The molecule has 0 N–H and O–H groups in total. The van der Waals surface area contributed by atoms with E-state index in [0.29, 0.717) is 37.5 Å². The van der Waals surface area contributed by atoms with E-state index in [4.69, 9.17) is 9.47 Å². The van der Waals surface area contributed by atoms with Gasteiger partial charge >= 0.3 is 11.9 Å². The van der Waals surface area contributed by atoms with E-state index < -0.39 is 0 Å². The smallest absolute Gasteiger partial charge is 0.359 e. The predicted octanol–water partition coefficient (Wildman–Crippen LogP) is 3.45. The van der Waals surface area contributed by atoms with Crippen molar-refractivity contribution in [3.8, 4) is 0 Å². The van der Waals surface area contributed by atoms with Crippen molar-refractivity contribution in [2.75, 3.05) is 20.3 Å². The molecule has 32 heavy (non-hydrogen) atoms. The minimum Gasteiger partial charge on any atom is -0.465 e. The van der Waals surface area contributed by atoms with Crippen LogP contribution >= 0.6 is 0 Å². The van der Waals surface area contributed by atoms with Gasteiger partial charge in [-0.15, -0.1) is 0 Å². The summed E-state index contributed by atoms with van der Waals surface area (Å²) in [7, 11) is 1.38. The minimum atomic E-state index is -0.375. The Morgan fingerprint density at radius 1 is 0.969 bits per heavy atom. The van der Waals surface area contributed by atoms with E-state index in [-0.39, 0.29) is 11.9 Å². The van der Waals surface area contributed by atoms with E-state index in [0.717, 1.165) is 35.3 Å².